The molecule has 15 heavy (non-hydrogen) atoms. The van der Waals surface area contributed by atoms with Gasteiger partial charge in [0.1, 0.15) is 0 Å². The predicted molar refractivity (Wildman–Crippen MR) is 66.9 cm³/mol. The molecule has 0 aromatic rings. The molecule has 1 fully saturated rings. The third kappa shape index (κ3) is 2.73. The molecular formula is C13H28N2. The van der Waals surface area contributed by atoms with Gasteiger partial charge in [0.15, 0.2) is 0 Å². The Balaban J connectivity index is 2.76. The smallest absolute Gasteiger partial charge is 0.0337 e. The summed E-state index contributed by atoms with van der Waals surface area (Å²) in [4.78, 5) is 0. The average molecular weight is 212 g/mol. The minimum atomic E-state index is 0.179. The van der Waals surface area contributed by atoms with Crippen LogP contribution in [-0.4, -0.2) is 18.1 Å². The van der Waals surface area contributed by atoms with E-state index in [0.717, 1.165) is 6.54 Å². The zero-order valence-electron chi connectivity index (χ0n) is 11.1. The Kier molecular flexibility index (Phi) is 3.83. The third-order valence-electron chi connectivity index (χ3n) is 4.11. The third-order valence-corrected chi connectivity index (χ3v) is 4.11. The maximum Gasteiger partial charge on any atom is 0.0337 e. The summed E-state index contributed by atoms with van der Waals surface area (Å²) in [6.07, 6.45) is 3.67. The van der Waals surface area contributed by atoms with E-state index in [1.165, 1.54) is 19.3 Å². The second kappa shape index (κ2) is 4.42. The van der Waals surface area contributed by atoms with Crippen LogP contribution in [0.15, 0.2) is 0 Å². The molecule has 0 bridgehead atoms. The normalized spacial score (nSPS) is 36.8. The van der Waals surface area contributed by atoms with E-state index in [1.54, 1.807) is 0 Å². The highest BCUT2D eigenvalue weighted by Crippen LogP contribution is 2.47. The van der Waals surface area contributed by atoms with Gasteiger partial charge in [0.25, 0.3) is 0 Å². The van der Waals surface area contributed by atoms with Crippen molar-refractivity contribution < 1.29 is 0 Å². The maximum atomic E-state index is 6.02. The van der Waals surface area contributed by atoms with E-state index in [1.807, 2.05) is 0 Å². The van der Waals surface area contributed by atoms with Crippen LogP contribution in [0.5, 0.6) is 0 Å². The molecule has 0 spiro atoms. The summed E-state index contributed by atoms with van der Waals surface area (Å²) in [5.41, 5.74) is 6.64. The van der Waals surface area contributed by atoms with Crippen LogP contribution < -0.4 is 11.1 Å². The van der Waals surface area contributed by atoms with Gasteiger partial charge in [-0.1, -0.05) is 27.7 Å². The molecule has 0 heterocycles. The quantitative estimate of drug-likeness (QED) is 0.751. The van der Waals surface area contributed by atoms with E-state index in [9.17, 15) is 0 Å². The number of nitrogens with two attached hydrogens (primary N) is 1. The lowest BCUT2D eigenvalue weighted by Gasteiger charge is -2.37. The first kappa shape index (κ1) is 13.0. The van der Waals surface area contributed by atoms with Crippen molar-refractivity contribution in [3.05, 3.63) is 0 Å². The van der Waals surface area contributed by atoms with Gasteiger partial charge >= 0.3 is 0 Å². The number of hydrogen-bond donors (Lipinski definition) is 2. The van der Waals surface area contributed by atoms with Gasteiger partial charge in [0, 0.05) is 18.1 Å². The lowest BCUT2D eigenvalue weighted by atomic mass is 9.85. The summed E-state index contributed by atoms with van der Waals surface area (Å²) in [6, 6.07) is 0.574. The van der Waals surface area contributed by atoms with Crippen molar-refractivity contribution >= 4 is 0 Å². The van der Waals surface area contributed by atoms with Gasteiger partial charge in [0.05, 0.1) is 0 Å². The van der Waals surface area contributed by atoms with Crippen molar-refractivity contribution in [3.63, 3.8) is 0 Å². The van der Waals surface area contributed by atoms with Crippen molar-refractivity contribution in [3.8, 4) is 0 Å². The van der Waals surface area contributed by atoms with Gasteiger partial charge in [-0.05, 0) is 37.5 Å². The fourth-order valence-electron chi connectivity index (χ4n) is 3.24. The summed E-state index contributed by atoms with van der Waals surface area (Å²) in [7, 11) is 0. The Morgan fingerprint density at radius 1 is 1.47 bits per heavy atom. The van der Waals surface area contributed by atoms with Crippen LogP contribution in [0.4, 0.5) is 0 Å². The van der Waals surface area contributed by atoms with E-state index >= 15 is 0 Å². The molecular weight excluding hydrogens is 184 g/mol. The summed E-state index contributed by atoms with van der Waals surface area (Å²) >= 11 is 0. The summed E-state index contributed by atoms with van der Waals surface area (Å²) in [6.45, 7) is 12.3. The van der Waals surface area contributed by atoms with E-state index in [4.69, 9.17) is 5.73 Å². The molecule has 0 aromatic carbocycles. The Hall–Kier alpha value is -0.0800. The number of nitrogens with one attached hydrogen (secondary N) is 1. The minimum Gasteiger partial charge on any atom is -0.329 e. The standard InChI is InChI=1S/C13H28N2/c1-6-11(3)15-13(9-14)8-12(4,5)7-10(13)2/h10-11,15H,6-9,14H2,1-5H3. The molecule has 0 radical (unpaired) electrons. The molecule has 0 aliphatic heterocycles. The fourth-order valence-corrected chi connectivity index (χ4v) is 3.24. The van der Waals surface area contributed by atoms with E-state index in [0.29, 0.717) is 17.4 Å². The molecule has 0 amide bonds. The van der Waals surface area contributed by atoms with E-state index in [-0.39, 0.29) is 5.54 Å². The second-order valence-electron chi connectivity index (χ2n) is 6.26. The first-order chi connectivity index (χ1) is 6.85. The number of rotatable bonds is 4. The molecule has 0 aromatic heterocycles. The molecule has 2 nitrogen and oxygen atoms in total. The SMILES string of the molecule is CCC(C)NC1(CN)CC(C)(C)CC1C. The highest BCUT2D eigenvalue weighted by Gasteiger charge is 2.47. The fraction of sp³-hybridized carbons (Fsp3) is 1.00. The van der Waals surface area contributed by atoms with Crippen LogP contribution in [0, 0.1) is 11.3 Å². The van der Waals surface area contributed by atoms with Crippen molar-refractivity contribution in [2.45, 2.75) is 65.5 Å². The monoisotopic (exact) mass is 212 g/mol. The van der Waals surface area contributed by atoms with Gasteiger partial charge in [0.2, 0.25) is 0 Å². The lowest BCUT2D eigenvalue weighted by Crippen LogP contribution is -2.56. The van der Waals surface area contributed by atoms with Gasteiger partial charge in [-0.3, -0.25) is 0 Å². The number of hydrogen-bond acceptors (Lipinski definition) is 2. The predicted octanol–water partition coefficient (Wildman–Crippen LogP) is 2.53. The molecule has 3 N–H and O–H groups in total. The zero-order valence-corrected chi connectivity index (χ0v) is 11.1. The topological polar surface area (TPSA) is 38.0 Å². The first-order valence-corrected chi connectivity index (χ1v) is 6.33. The minimum absolute atomic E-state index is 0.179. The second-order valence-corrected chi connectivity index (χ2v) is 6.26. The van der Waals surface area contributed by atoms with Crippen molar-refractivity contribution in [1.29, 1.82) is 0 Å². The lowest BCUT2D eigenvalue weighted by molar-refractivity contribution is 0.230. The summed E-state index contributed by atoms with van der Waals surface area (Å²) in [5, 5.41) is 3.77. The molecule has 3 atom stereocenters. The Bertz CT molecular complexity index is 213. The van der Waals surface area contributed by atoms with Crippen LogP contribution in [0.1, 0.15) is 53.9 Å². The molecule has 90 valence electrons. The Morgan fingerprint density at radius 2 is 2.07 bits per heavy atom. The molecule has 1 saturated carbocycles. The van der Waals surface area contributed by atoms with Crippen molar-refractivity contribution in [1.82, 2.24) is 5.32 Å². The highest BCUT2D eigenvalue weighted by atomic mass is 15.0. The summed E-state index contributed by atoms with van der Waals surface area (Å²) in [5.74, 6) is 0.687. The molecule has 1 rings (SSSR count). The van der Waals surface area contributed by atoms with E-state index < -0.39 is 0 Å². The van der Waals surface area contributed by atoms with Gasteiger partial charge < -0.3 is 11.1 Å². The Labute approximate surface area is 95.0 Å². The van der Waals surface area contributed by atoms with Crippen molar-refractivity contribution in [2.75, 3.05) is 6.54 Å². The molecule has 1 aliphatic rings. The first-order valence-electron chi connectivity index (χ1n) is 6.33. The molecule has 3 unspecified atom stereocenters. The van der Waals surface area contributed by atoms with E-state index in [2.05, 4.69) is 39.9 Å². The largest absolute Gasteiger partial charge is 0.329 e. The van der Waals surface area contributed by atoms with Crippen molar-refractivity contribution in [2.24, 2.45) is 17.1 Å². The highest BCUT2D eigenvalue weighted by molar-refractivity contribution is 5.05. The van der Waals surface area contributed by atoms with Crippen LogP contribution in [0.3, 0.4) is 0 Å². The molecule has 1 aliphatic carbocycles. The molecule has 2 heteroatoms. The zero-order chi connectivity index (χ0) is 11.7. The average Bonchev–Trinajstić information content (AvgIpc) is 2.36. The molecule has 0 saturated heterocycles. The van der Waals surface area contributed by atoms with Crippen LogP contribution in [0.25, 0.3) is 0 Å². The van der Waals surface area contributed by atoms with Gasteiger partial charge in [-0.2, -0.15) is 0 Å². The van der Waals surface area contributed by atoms with Gasteiger partial charge in [-0.25, -0.2) is 0 Å². The van der Waals surface area contributed by atoms with Gasteiger partial charge in [-0.15, -0.1) is 0 Å². The summed E-state index contributed by atoms with van der Waals surface area (Å²) < 4.78 is 0. The van der Waals surface area contributed by atoms with Crippen LogP contribution >= 0.6 is 0 Å². The van der Waals surface area contributed by atoms with Crippen LogP contribution in [-0.2, 0) is 0 Å². The maximum absolute atomic E-state index is 6.02. The van der Waals surface area contributed by atoms with Crippen LogP contribution in [0.2, 0.25) is 0 Å². The Morgan fingerprint density at radius 3 is 2.40 bits per heavy atom.